The van der Waals surface area contributed by atoms with Crippen LogP contribution in [0.4, 0.5) is 5.82 Å². The number of rotatable bonds is 4. The van der Waals surface area contributed by atoms with Crippen LogP contribution in [0.25, 0.3) is 0 Å². The molecular weight excluding hydrogens is 306 g/mol. The molecule has 100 valence electrons. The molecule has 0 fully saturated rings. The third-order valence-electron chi connectivity index (χ3n) is 2.87. The van der Waals surface area contributed by atoms with Gasteiger partial charge in [-0.15, -0.1) is 0 Å². The van der Waals surface area contributed by atoms with Crippen LogP contribution in [0.5, 0.6) is 5.75 Å². The predicted octanol–water partition coefficient (Wildman–Crippen LogP) is 2.98. The van der Waals surface area contributed by atoms with Gasteiger partial charge >= 0.3 is 0 Å². The maximum Gasteiger partial charge on any atom is 0.141 e. The summed E-state index contributed by atoms with van der Waals surface area (Å²) in [5, 5.41) is 0. The largest absolute Gasteiger partial charge is 0.496 e. The molecule has 0 aliphatic heterocycles. The highest BCUT2D eigenvalue weighted by Gasteiger charge is 2.11. The molecule has 0 aliphatic rings. The number of ether oxygens (including phenoxy) is 1. The lowest BCUT2D eigenvalue weighted by molar-refractivity contribution is 0.410. The molecule has 2 rings (SSSR count). The minimum Gasteiger partial charge on any atom is -0.496 e. The summed E-state index contributed by atoms with van der Waals surface area (Å²) in [5.74, 6) is 2.03. The number of methoxy groups -OCH3 is 1. The van der Waals surface area contributed by atoms with E-state index in [1.807, 2.05) is 31.2 Å². The number of para-hydroxylation sites is 1. The summed E-state index contributed by atoms with van der Waals surface area (Å²) in [6.07, 6.45) is 1.42. The van der Waals surface area contributed by atoms with Gasteiger partial charge in [0.2, 0.25) is 0 Å². The van der Waals surface area contributed by atoms with Crippen LogP contribution in [0.3, 0.4) is 0 Å². The normalized spacial score (nSPS) is 10.5. The molecule has 0 bridgehead atoms. The van der Waals surface area contributed by atoms with Gasteiger partial charge in [-0.25, -0.2) is 9.97 Å². The number of aromatic nitrogens is 2. The lowest BCUT2D eigenvalue weighted by Crippen LogP contribution is -2.06. The highest BCUT2D eigenvalue weighted by atomic mass is 79.9. The van der Waals surface area contributed by atoms with Crippen LogP contribution in [0, 0.1) is 0 Å². The van der Waals surface area contributed by atoms with Crippen molar-refractivity contribution in [1.82, 2.24) is 9.97 Å². The molecule has 0 amide bonds. The summed E-state index contributed by atoms with van der Waals surface area (Å²) in [7, 11) is 1.66. The van der Waals surface area contributed by atoms with E-state index < -0.39 is 0 Å². The monoisotopic (exact) mass is 321 g/mol. The van der Waals surface area contributed by atoms with Crippen molar-refractivity contribution >= 4 is 21.7 Å². The fourth-order valence-electron chi connectivity index (χ4n) is 1.90. The van der Waals surface area contributed by atoms with E-state index in [0.717, 1.165) is 27.9 Å². The number of nitrogen functional groups attached to an aromatic ring is 1. The fourth-order valence-corrected chi connectivity index (χ4v) is 2.36. The molecule has 1 aromatic heterocycles. The number of hydrogen-bond acceptors (Lipinski definition) is 4. The van der Waals surface area contributed by atoms with Crippen molar-refractivity contribution in [3.05, 3.63) is 45.8 Å². The van der Waals surface area contributed by atoms with Gasteiger partial charge in [0, 0.05) is 12.0 Å². The van der Waals surface area contributed by atoms with E-state index in [-0.39, 0.29) is 0 Å². The smallest absolute Gasteiger partial charge is 0.141 e. The molecule has 1 aromatic carbocycles. The topological polar surface area (TPSA) is 61.0 Å². The van der Waals surface area contributed by atoms with E-state index in [0.29, 0.717) is 18.1 Å². The summed E-state index contributed by atoms with van der Waals surface area (Å²) in [6, 6.07) is 7.85. The standard InChI is InChI=1S/C14H16BrN3O/c1-3-10-13(15)14(16)18-12(17-10)8-9-6-4-5-7-11(9)19-2/h4-7H,3,8H2,1-2H3,(H2,16,17,18). The first kappa shape index (κ1) is 13.8. The summed E-state index contributed by atoms with van der Waals surface area (Å²) in [4.78, 5) is 8.85. The zero-order chi connectivity index (χ0) is 13.8. The summed E-state index contributed by atoms with van der Waals surface area (Å²) in [6.45, 7) is 2.04. The Hall–Kier alpha value is -1.62. The number of halogens is 1. The summed E-state index contributed by atoms with van der Waals surface area (Å²) >= 11 is 3.41. The van der Waals surface area contributed by atoms with E-state index in [1.54, 1.807) is 7.11 Å². The molecule has 0 saturated heterocycles. The van der Waals surface area contributed by atoms with Gasteiger partial charge in [-0.3, -0.25) is 0 Å². The molecule has 2 N–H and O–H groups in total. The fraction of sp³-hybridized carbons (Fsp3) is 0.286. The Morgan fingerprint density at radius 3 is 2.68 bits per heavy atom. The van der Waals surface area contributed by atoms with Crippen LogP contribution in [0.15, 0.2) is 28.7 Å². The second-order valence-electron chi connectivity index (χ2n) is 4.13. The molecule has 4 nitrogen and oxygen atoms in total. The Labute approximate surface area is 121 Å². The van der Waals surface area contributed by atoms with Crippen LogP contribution >= 0.6 is 15.9 Å². The first-order valence-corrected chi connectivity index (χ1v) is 6.87. The van der Waals surface area contributed by atoms with Gasteiger partial charge in [-0.2, -0.15) is 0 Å². The number of hydrogen-bond donors (Lipinski definition) is 1. The highest BCUT2D eigenvalue weighted by molar-refractivity contribution is 9.10. The zero-order valence-corrected chi connectivity index (χ0v) is 12.6. The molecule has 0 atom stereocenters. The molecule has 0 unspecified atom stereocenters. The zero-order valence-electron chi connectivity index (χ0n) is 11.0. The van der Waals surface area contributed by atoms with Crippen LogP contribution < -0.4 is 10.5 Å². The van der Waals surface area contributed by atoms with E-state index in [2.05, 4.69) is 25.9 Å². The predicted molar refractivity (Wildman–Crippen MR) is 79.3 cm³/mol. The van der Waals surface area contributed by atoms with Crippen molar-refractivity contribution in [2.75, 3.05) is 12.8 Å². The Kier molecular flexibility index (Phi) is 4.37. The van der Waals surface area contributed by atoms with E-state index in [9.17, 15) is 0 Å². The van der Waals surface area contributed by atoms with Gasteiger partial charge in [0.25, 0.3) is 0 Å². The second kappa shape index (κ2) is 6.02. The first-order chi connectivity index (χ1) is 9.15. The summed E-state index contributed by atoms with van der Waals surface area (Å²) < 4.78 is 6.12. The quantitative estimate of drug-likeness (QED) is 0.940. The van der Waals surface area contributed by atoms with Gasteiger partial charge in [0.05, 0.1) is 17.3 Å². The molecule has 0 radical (unpaired) electrons. The molecule has 1 heterocycles. The van der Waals surface area contributed by atoms with Crippen LogP contribution in [-0.2, 0) is 12.8 Å². The molecule has 0 aliphatic carbocycles. The third-order valence-corrected chi connectivity index (χ3v) is 3.73. The third kappa shape index (κ3) is 3.04. The Bertz CT molecular complexity index is 587. The lowest BCUT2D eigenvalue weighted by atomic mass is 10.1. The van der Waals surface area contributed by atoms with Crippen molar-refractivity contribution in [3.8, 4) is 5.75 Å². The van der Waals surface area contributed by atoms with Gasteiger partial charge in [0.1, 0.15) is 17.4 Å². The average Bonchev–Trinajstić information content (AvgIpc) is 2.43. The van der Waals surface area contributed by atoms with Gasteiger partial charge in [-0.05, 0) is 28.4 Å². The molecule has 0 spiro atoms. The number of aryl methyl sites for hydroxylation is 1. The average molecular weight is 322 g/mol. The number of anilines is 1. The molecule has 2 aromatic rings. The number of benzene rings is 1. The van der Waals surface area contributed by atoms with Crippen molar-refractivity contribution in [2.24, 2.45) is 0 Å². The van der Waals surface area contributed by atoms with E-state index in [1.165, 1.54) is 0 Å². The van der Waals surface area contributed by atoms with Crippen LogP contribution in [0.2, 0.25) is 0 Å². The Balaban J connectivity index is 2.36. The van der Waals surface area contributed by atoms with E-state index in [4.69, 9.17) is 10.5 Å². The second-order valence-corrected chi connectivity index (χ2v) is 4.92. The van der Waals surface area contributed by atoms with Crippen molar-refractivity contribution in [3.63, 3.8) is 0 Å². The first-order valence-electron chi connectivity index (χ1n) is 6.08. The van der Waals surface area contributed by atoms with Gasteiger partial charge in [-0.1, -0.05) is 25.1 Å². The molecular formula is C14H16BrN3O. The lowest BCUT2D eigenvalue weighted by Gasteiger charge is -2.10. The highest BCUT2D eigenvalue weighted by Crippen LogP contribution is 2.24. The van der Waals surface area contributed by atoms with Gasteiger partial charge < -0.3 is 10.5 Å². The van der Waals surface area contributed by atoms with Crippen LogP contribution in [-0.4, -0.2) is 17.1 Å². The van der Waals surface area contributed by atoms with E-state index >= 15 is 0 Å². The van der Waals surface area contributed by atoms with Gasteiger partial charge in [0.15, 0.2) is 0 Å². The summed E-state index contributed by atoms with van der Waals surface area (Å²) in [5.41, 5.74) is 7.87. The minimum absolute atomic E-state index is 0.483. The molecule has 0 saturated carbocycles. The van der Waals surface area contributed by atoms with Crippen molar-refractivity contribution in [2.45, 2.75) is 19.8 Å². The number of nitrogens with zero attached hydrogens (tertiary/aromatic N) is 2. The SMILES string of the molecule is CCc1nc(Cc2ccccc2OC)nc(N)c1Br. The Morgan fingerprint density at radius 2 is 2.00 bits per heavy atom. The van der Waals surface area contributed by atoms with Crippen molar-refractivity contribution < 1.29 is 4.74 Å². The maximum absolute atomic E-state index is 5.89. The van der Waals surface area contributed by atoms with Crippen molar-refractivity contribution in [1.29, 1.82) is 0 Å². The maximum atomic E-state index is 5.89. The Morgan fingerprint density at radius 1 is 1.26 bits per heavy atom. The minimum atomic E-state index is 0.483. The molecule has 5 heteroatoms. The molecule has 19 heavy (non-hydrogen) atoms. The van der Waals surface area contributed by atoms with Crippen LogP contribution in [0.1, 0.15) is 24.0 Å². The number of nitrogens with two attached hydrogens (primary N) is 1.